The predicted molar refractivity (Wildman–Crippen MR) is 137 cm³/mol. The second-order valence-electron chi connectivity index (χ2n) is 9.68. The average Bonchev–Trinajstić information content (AvgIpc) is 3.25. The number of methoxy groups -OCH3 is 3. The molecule has 0 amide bonds. The van der Waals surface area contributed by atoms with Crippen molar-refractivity contribution >= 4 is 27.6 Å². The van der Waals surface area contributed by atoms with E-state index in [9.17, 15) is 8.42 Å². The van der Waals surface area contributed by atoms with Gasteiger partial charge in [0.1, 0.15) is 23.5 Å². The van der Waals surface area contributed by atoms with Crippen molar-refractivity contribution in [2.24, 2.45) is 5.41 Å². The number of nitrogens with zero attached hydrogens (tertiary/aromatic N) is 7. The van der Waals surface area contributed by atoms with Crippen LogP contribution in [0.4, 0.5) is 5.95 Å². The lowest BCUT2D eigenvalue weighted by atomic mass is 9.51. The molecule has 5 rings (SSSR count). The lowest BCUT2D eigenvalue weighted by molar-refractivity contribution is 0.00551. The molecule has 0 unspecified atom stereocenters. The van der Waals surface area contributed by atoms with E-state index >= 15 is 0 Å². The molecule has 0 radical (unpaired) electrons. The van der Waals surface area contributed by atoms with Crippen LogP contribution in [0.1, 0.15) is 62.7 Å². The summed E-state index contributed by atoms with van der Waals surface area (Å²) in [6.07, 6.45) is 8.61. The molecular formula is C23H29ClN8O5S. The van der Waals surface area contributed by atoms with Crippen LogP contribution >= 0.6 is 11.6 Å². The van der Waals surface area contributed by atoms with Gasteiger partial charge in [0.2, 0.25) is 27.7 Å². The van der Waals surface area contributed by atoms with E-state index in [1.807, 2.05) is 0 Å². The number of nitrogens with one attached hydrogen (secondary N) is 1. The van der Waals surface area contributed by atoms with Crippen LogP contribution in [0.3, 0.4) is 0 Å². The smallest absolute Gasteiger partial charge is 0.245 e. The topological polar surface area (TPSA) is 156 Å². The van der Waals surface area contributed by atoms with Gasteiger partial charge < -0.3 is 14.2 Å². The van der Waals surface area contributed by atoms with E-state index in [0.29, 0.717) is 21.9 Å². The maximum absolute atomic E-state index is 13.6. The first-order valence-electron chi connectivity index (χ1n) is 12.1. The Morgan fingerprint density at radius 3 is 2.21 bits per heavy atom. The maximum atomic E-state index is 13.6. The molecule has 1 spiro atoms. The molecule has 1 N–H and O–H groups in total. The third kappa shape index (κ3) is 4.64. The Labute approximate surface area is 225 Å². The predicted octanol–water partition coefficient (Wildman–Crippen LogP) is 3.08. The number of halogens is 1. The zero-order chi connectivity index (χ0) is 27.1. The monoisotopic (exact) mass is 564 g/mol. The van der Waals surface area contributed by atoms with Gasteiger partial charge in [-0.2, -0.15) is 9.97 Å². The minimum absolute atomic E-state index is 0.0420. The van der Waals surface area contributed by atoms with Crippen molar-refractivity contribution < 1.29 is 22.6 Å². The first-order chi connectivity index (χ1) is 18.2. The van der Waals surface area contributed by atoms with E-state index < -0.39 is 21.4 Å². The standard InChI is InChI=1S/C23H29ClN8O5S/c1-13(17(35-2)18-25-10-15(24)11-26-18)38(33,34)31-22-30-29-19(14-8-23(9-14)6-5-7-23)32(22)16-20(36-3)27-12-28-21(16)37-4/h10-14,17H,5-9H2,1-4H3,(H,30,31)/t13-,17-/m0/s1. The molecule has 0 aliphatic heterocycles. The fourth-order valence-electron chi connectivity index (χ4n) is 5.30. The van der Waals surface area contributed by atoms with E-state index in [4.69, 9.17) is 25.8 Å². The maximum Gasteiger partial charge on any atom is 0.245 e. The van der Waals surface area contributed by atoms with E-state index in [1.54, 1.807) is 4.57 Å². The summed E-state index contributed by atoms with van der Waals surface area (Å²) in [6, 6.07) is 0. The van der Waals surface area contributed by atoms with Crippen LogP contribution in [0.2, 0.25) is 5.02 Å². The SMILES string of the molecule is COc1ncnc(OC)c1-n1c(NS(=O)(=O)[C@@H](C)[C@H](OC)c2ncc(Cl)cn2)nnc1C1CC2(CCC2)C1. The van der Waals surface area contributed by atoms with Crippen LogP contribution in [0.15, 0.2) is 18.7 Å². The number of hydrogen-bond acceptors (Lipinski definition) is 11. The van der Waals surface area contributed by atoms with Crippen LogP contribution in [0, 0.1) is 5.41 Å². The molecule has 2 aliphatic carbocycles. The number of aromatic nitrogens is 7. The number of anilines is 1. The Balaban J connectivity index is 1.53. The summed E-state index contributed by atoms with van der Waals surface area (Å²) in [4.78, 5) is 16.7. The van der Waals surface area contributed by atoms with E-state index in [0.717, 1.165) is 12.8 Å². The van der Waals surface area contributed by atoms with Gasteiger partial charge in [0.05, 0.1) is 19.2 Å². The Kier molecular flexibility index (Phi) is 7.13. The lowest BCUT2D eigenvalue weighted by Crippen LogP contribution is -2.42. The van der Waals surface area contributed by atoms with Gasteiger partial charge in [-0.25, -0.2) is 18.4 Å². The van der Waals surface area contributed by atoms with Gasteiger partial charge in [-0.1, -0.05) is 18.0 Å². The Morgan fingerprint density at radius 1 is 1.05 bits per heavy atom. The molecule has 204 valence electrons. The van der Waals surface area contributed by atoms with E-state index in [-0.39, 0.29) is 29.5 Å². The molecule has 3 aromatic heterocycles. The molecular weight excluding hydrogens is 536 g/mol. The molecule has 3 heterocycles. The molecule has 2 aliphatic rings. The van der Waals surface area contributed by atoms with Crippen molar-refractivity contribution in [1.29, 1.82) is 0 Å². The van der Waals surface area contributed by atoms with Gasteiger partial charge in [-0.05, 0) is 38.0 Å². The molecule has 0 aromatic carbocycles. The fourth-order valence-corrected chi connectivity index (χ4v) is 6.53. The summed E-state index contributed by atoms with van der Waals surface area (Å²) in [7, 11) is 0.207. The summed E-state index contributed by atoms with van der Waals surface area (Å²) in [5.74, 6) is 1.18. The largest absolute Gasteiger partial charge is 0.479 e. The Bertz CT molecular complexity index is 1380. The van der Waals surface area contributed by atoms with Crippen LogP contribution in [-0.2, 0) is 14.8 Å². The zero-order valence-electron chi connectivity index (χ0n) is 21.5. The molecule has 0 saturated heterocycles. The second-order valence-corrected chi connectivity index (χ2v) is 12.2. The minimum atomic E-state index is -4.10. The average molecular weight is 565 g/mol. The van der Waals surface area contributed by atoms with Crippen molar-refractivity contribution in [3.8, 4) is 17.4 Å². The molecule has 2 fully saturated rings. The summed E-state index contributed by atoms with van der Waals surface area (Å²) >= 11 is 5.89. The van der Waals surface area contributed by atoms with Crippen molar-refractivity contribution in [3.63, 3.8) is 0 Å². The summed E-state index contributed by atoms with van der Waals surface area (Å²) in [5.41, 5.74) is 0.656. The molecule has 15 heteroatoms. The number of ether oxygens (including phenoxy) is 3. The van der Waals surface area contributed by atoms with Crippen LogP contribution < -0.4 is 14.2 Å². The summed E-state index contributed by atoms with van der Waals surface area (Å²) in [5, 5.41) is 7.87. The second kappa shape index (κ2) is 10.2. The van der Waals surface area contributed by atoms with Crippen LogP contribution in [0.25, 0.3) is 5.69 Å². The van der Waals surface area contributed by atoms with Gasteiger partial charge in [0, 0.05) is 25.4 Å². The number of rotatable bonds is 10. The number of hydrogen-bond donors (Lipinski definition) is 1. The highest BCUT2D eigenvalue weighted by atomic mass is 35.5. The van der Waals surface area contributed by atoms with Crippen molar-refractivity contribution in [2.45, 2.75) is 56.3 Å². The minimum Gasteiger partial charge on any atom is -0.479 e. The zero-order valence-corrected chi connectivity index (χ0v) is 23.0. The van der Waals surface area contributed by atoms with Gasteiger partial charge in [0.15, 0.2) is 11.5 Å². The lowest BCUT2D eigenvalue weighted by Gasteiger charge is -2.53. The van der Waals surface area contributed by atoms with E-state index in [1.165, 1.54) is 66.2 Å². The highest BCUT2D eigenvalue weighted by Gasteiger charge is 2.50. The van der Waals surface area contributed by atoms with Gasteiger partial charge in [-0.15, -0.1) is 10.2 Å². The van der Waals surface area contributed by atoms with Crippen molar-refractivity contribution in [2.75, 3.05) is 26.1 Å². The summed E-state index contributed by atoms with van der Waals surface area (Å²) < 4.78 is 47.8. The fraction of sp³-hybridized carbons (Fsp3) is 0.565. The van der Waals surface area contributed by atoms with Crippen LogP contribution in [-0.4, -0.2) is 69.7 Å². The van der Waals surface area contributed by atoms with E-state index in [2.05, 4.69) is 34.9 Å². The van der Waals surface area contributed by atoms with Gasteiger partial charge >= 0.3 is 0 Å². The quantitative estimate of drug-likeness (QED) is 0.386. The Morgan fingerprint density at radius 2 is 1.68 bits per heavy atom. The molecule has 38 heavy (non-hydrogen) atoms. The third-order valence-corrected chi connectivity index (χ3v) is 9.38. The molecule has 2 atom stereocenters. The third-order valence-electron chi connectivity index (χ3n) is 7.49. The molecule has 13 nitrogen and oxygen atoms in total. The van der Waals surface area contributed by atoms with Crippen molar-refractivity contribution in [3.05, 3.63) is 35.4 Å². The molecule has 2 saturated carbocycles. The summed E-state index contributed by atoms with van der Waals surface area (Å²) in [6.45, 7) is 1.50. The molecule has 0 bridgehead atoms. The first-order valence-corrected chi connectivity index (χ1v) is 14.0. The highest BCUT2D eigenvalue weighted by molar-refractivity contribution is 7.93. The van der Waals surface area contributed by atoms with Gasteiger partial charge in [-0.3, -0.25) is 9.29 Å². The van der Waals surface area contributed by atoms with Crippen LogP contribution in [0.5, 0.6) is 11.8 Å². The number of sulfonamides is 1. The highest BCUT2D eigenvalue weighted by Crippen LogP contribution is 2.62. The first kappa shape index (κ1) is 26.5. The molecule has 3 aromatic rings. The normalized spacial score (nSPS) is 18.3. The van der Waals surface area contributed by atoms with Crippen molar-refractivity contribution in [1.82, 2.24) is 34.7 Å². The van der Waals surface area contributed by atoms with Gasteiger partial charge in [0.25, 0.3) is 0 Å². The Hall–Kier alpha value is -3.10.